The maximum Gasteiger partial charge on any atom is 0.220 e. The molecule has 3 N–H and O–H groups in total. The van der Waals surface area contributed by atoms with Crippen molar-refractivity contribution in [1.29, 1.82) is 0 Å². The topological polar surface area (TPSA) is 55.1 Å². The number of hydrogen-bond donors (Lipinski definition) is 2. The molecule has 1 aliphatic carbocycles. The lowest BCUT2D eigenvalue weighted by Gasteiger charge is -2.10. The van der Waals surface area contributed by atoms with Gasteiger partial charge in [0.15, 0.2) is 0 Å². The van der Waals surface area contributed by atoms with Crippen molar-refractivity contribution in [2.75, 3.05) is 12.3 Å². The molecule has 0 aliphatic heterocycles. The van der Waals surface area contributed by atoms with Crippen molar-refractivity contribution >= 4 is 11.6 Å². The molecule has 1 fully saturated rings. The first-order valence-electron chi connectivity index (χ1n) is 7.35. The minimum Gasteiger partial charge on any atom is -0.399 e. The molecule has 1 aromatic rings. The van der Waals surface area contributed by atoms with E-state index < -0.39 is 0 Å². The van der Waals surface area contributed by atoms with E-state index >= 15 is 0 Å². The van der Waals surface area contributed by atoms with E-state index in [1.807, 2.05) is 24.3 Å². The lowest BCUT2D eigenvalue weighted by molar-refractivity contribution is -0.121. The molecule has 2 rings (SSSR count). The van der Waals surface area contributed by atoms with Gasteiger partial charge in [-0.05, 0) is 36.5 Å². The van der Waals surface area contributed by atoms with Crippen LogP contribution >= 0.6 is 0 Å². The summed E-state index contributed by atoms with van der Waals surface area (Å²) in [6.07, 6.45) is 7.89. The monoisotopic (exact) mass is 260 g/mol. The number of amides is 1. The molecule has 0 atom stereocenters. The second-order valence-electron chi connectivity index (χ2n) is 5.53. The Kier molecular flexibility index (Phi) is 5.25. The molecule has 0 heterocycles. The summed E-state index contributed by atoms with van der Waals surface area (Å²) in [5.74, 6) is 0.995. The largest absolute Gasteiger partial charge is 0.399 e. The number of benzene rings is 1. The molecule has 0 radical (unpaired) electrons. The van der Waals surface area contributed by atoms with Crippen molar-refractivity contribution in [3.05, 3.63) is 29.8 Å². The molecule has 1 saturated carbocycles. The van der Waals surface area contributed by atoms with Crippen LogP contribution in [0.1, 0.15) is 44.1 Å². The van der Waals surface area contributed by atoms with Gasteiger partial charge in [-0.3, -0.25) is 4.79 Å². The minimum absolute atomic E-state index is 0.153. The quantitative estimate of drug-likeness (QED) is 0.773. The average molecular weight is 260 g/mol. The van der Waals surface area contributed by atoms with Crippen LogP contribution in [0.3, 0.4) is 0 Å². The molecule has 0 spiro atoms. The van der Waals surface area contributed by atoms with Crippen LogP contribution in [0.25, 0.3) is 0 Å². The fraction of sp³-hybridized carbons (Fsp3) is 0.562. The molecule has 19 heavy (non-hydrogen) atoms. The van der Waals surface area contributed by atoms with Crippen LogP contribution in [0.4, 0.5) is 5.69 Å². The van der Waals surface area contributed by atoms with Crippen molar-refractivity contribution < 1.29 is 4.79 Å². The molecule has 0 unspecified atom stereocenters. The minimum atomic E-state index is 0.153. The maximum atomic E-state index is 11.7. The van der Waals surface area contributed by atoms with Gasteiger partial charge in [-0.25, -0.2) is 0 Å². The third-order valence-electron chi connectivity index (χ3n) is 3.94. The van der Waals surface area contributed by atoms with Crippen molar-refractivity contribution in [1.82, 2.24) is 5.32 Å². The summed E-state index contributed by atoms with van der Waals surface area (Å²) in [4.78, 5) is 11.7. The van der Waals surface area contributed by atoms with Crippen LogP contribution in [0, 0.1) is 5.92 Å². The van der Waals surface area contributed by atoms with Gasteiger partial charge in [0.25, 0.3) is 0 Å². The van der Waals surface area contributed by atoms with Crippen LogP contribution < -0.4 is 11.1 Å². The average Bonchev–Trinajstić information content (AvgIpc) is 2.90. The second kappa shape index (κ2) is 7.17. The first-order chi connectivity index (χ1) is 9.24. The van der Waals surface area contributed by atoms with Gasteiger partial charge < -0.3 is 11.1 Å². The second-order valence-corrected chi connectivity index (χ2v) is 5.53. The smallest absolute Gasteiger partial charge is 0.220 e. The van der Waals surface area contributed by atoms with Crippen molar-refractivity contribution in [2.24, 2.45) is 5.92 Å². The third-order valence-corrected chi connectivity index (χ3v) is 3.94. The highest BCUT2D eigenvalue weighted by atomic mass is 16.1. The highest BCUT2D eigenvalue weighted by molar-refractivity contribution is 5.76. The zero-order valence-corrected chi connectivity index (χ0v) is 11.5. The first-order valence-corrected chi connectivity index (χ1v) is 7.35. The summed E-state index contributed by atoms with van der Waals surface area (Å²) < 4.78 is 0. The number of rotatable bonds is 6. The molecule has 3 nitrogen and oxygen atoms in total. The van der Waals surface area contributed by atoms with E-state index in [9.17, 15) is 4.79 Å². The Hall–Kier alpha value is -1.51. The number of nitrogen functional groups attached to an aromatic ring is 1. The molecule has 1 amide bonds. The lowest BCUT2D eigenvalue weighted by atomic mass is 10.0. The molecular weight excluding hydrogens is 236 g/mol. The number of carbonyl (C=O) groups excluding carboxylic acids is 1. The molecule has 104 valence electrons. The van der Waals surface area contributed by atoms with E-state index in [-0.39, 0.29) is 5.91 Å². The van der Waals surface area contributed by atoms with Gasteiger partial charge in [0.2, 0.25) is 5.91 Å². The highest BCUT2D eigenvalue weighted by Gasteiger charge is 2.14. The van der Waals surface area contributed by atoms with Gasteiger partial charge in [-0.2, -0.15) is 0 Å². The summed E-state index contributed by atoms with van der Waals surface area (Å²) in [5.41, 5.74) is 7.61. The summed E-state index contributed by atoms with van der Waals surface area (Å²) >= 11 is 0. The Morgan fingerprint density at radius 1 is 1.32 bits per heavy atom. The Morgan fingerprint density at radius 2 is 2.11 bits per heavy atom. The summed E-state index contributed by atoms with van der Waals surface area (Å²) in [6.45, 7) is 0.834. The van der Waals surface area contributed by atoms with E-state index in [2.05, 4.69) is 5.32 Å². The fourth-order valence-corrected chi connectivity index (χ4v) is 2.81. The highest BCUT2D eigenvalue weighted by Crippen LogP contribution is 2.26. The van der Waals surface area contributed by atoms with E-state index in [1.54, 1.807) is 0 Å². The van der Waals surface area contributed by atoms with Crippen LogP contribution in [0.5, 0.6) is 0 Å². The summed E-state index contributed by atoms with van der Waals surface area (Å²) in [5, 5.41) is 3.02. The molecule has 3 heteroatoms. The Labute approximate surface area is 115 Å². The van der Waals surface area contributed by atoms with Crippen LogP contribution in [-0.2, 0) is 11.2 Å². The van der Waals surface area contributed by atoms with Gasteiger partial charge in [0.05, 0.1) is 0 Å². The summed E-state index contributed by atoms with van der Waals surface area (Å²) in [6, 6.07) is 7.75. The Bertz CT molecular complexity index is 411. The normalized spacial score (nSPS) is 15.6. The first kappa shape index (κ1) is 13.9. The molecule has 0 aromatic heterocycles. The predicted octanol–water partition coefficient (Wildman–Crippen LogP) is 2.90. The number of hydrogen-bond acceptors (Lipinski definition) is 2. The van der Waals surface area contributed by atoms with Gasteiger partial charge in [0, 0.05) is 18.7 Å². The van der Waals surface area contributed by atoms with Gasteiger partial charge in [0.1, 0.15) is 0 Å². The third kappa shape index (κ3) is 4.93. The molecule has 1 aromatic carbocycles. The number of aryl methyl sites for hydroxylation is 1. The van der Waals surface area contributed by atoms with Gasteiger partial charge in [-0.15, -0.1) is 0 Å². The van der Waals surface area contributed by atoms with E-state index in [4.69, 9.17) is 5.73 Å². The predicted molar refractivity (Wildman–Crippen MR) is 78.8 cm³/mol. The van der Waals surface area contributed by atoms with Crippen LogP contribution in [0.2, 0.25) is 0 Å². The van der Waals surface area contributed by atoms with E-state index in [1.165, 1.54) is 25.7 Å². The number of nitrogens with one attached hydrogen (secondary N) is 1. The Morgan fingerprint density at radius 3 is 2.84 bits per heavy atom. The lowest BCUT2D eigenvalue weighted by Crippen LogP contribution is -2.25. The van der Waals surface area contributed by atoms with Crippen LogP contribution in [-0.4, -0.2) is 12.5 Å². The maximum absolute atomic E-state index is 11.7. The van der Waals surface area contributed by atoms with Crippen molar-refractivity contribution in [3.8, 4) is 0 Å². The van der Waals surface area contributed by atoms with Crippen molar-refractivity contribution in [3.63, 3.8) is 0 Å². The van der Waals surface area contributed by atoms with Crippen molar-refractivity contribution in [2.45, 2.75) is 44.9 Å². The zero-order chi connectivity index (χ0) is 13.5. The molecule has 0 saturated heterocycles. The standard InChI is InChI=1S/C16H24N2O/c17-15-7-3-6-14(12-15)8-9-16(19)18-11-10-13-4-1-2-5-13/h3,6-7,12-13H,1-2,4-5,8-11,17H2,(H,18,19). The molecule has 1 aliphatic rings. The molecule has 0 bridgehead atoms. The van der Waals surface area contributed by atoms with Gasteiger partial charge in [-0.1, -0.05) is 37.8 Å². The van der Waals surface area contributed by atoms with Gasteiger partial charge >= 0.3 is 0 Å². The zero-order valence-electron chi connectivity index (χ0n) is 11.5. The van der Waals surface area contributed by atoms with E-state index in [0.29, 0.717) is 6.42 Å². The number of nitrogens with two attached hydrogens (primary N) is 1. The Balaban J connectivity index is 1.61. The number of anilines is 1. The SMILES string of the molecule is Nc1cccc(CCC(=O)NCCC2CCCC2)c1. The molecular formula is C16H24N2O. The number of carbonyl (C=O) groups is 1. The summed E-state index contributed by atoms with van der Waals surface area (Å²) in [7, 11) is 0. The van der Waals surface area contributed by atoms with Crippen LogP contribution in [0.15, 0.2) is 24.3 Å². The fourth-order valence-electron chi connectivity index (χ4n) is 2.81. The van der Waals surface area contributed by atoms with E-state index in [0.717, 1.165) is 36.6 Å².